The van der Waals surface area contributed by atoms with Crippen molar-refractivity contribution < 1.29 is 19.1 Å². The van der Waals surface area contributed by atoms with Gasteiger partial charge in [-0.3, -0.25) is 14.4 Å². The Morgan fingerprint density at radius 3 is 2.61 bits per heavy atom. The van der Waals surface area contributed by atoms with E-state index < -0.39 is 24.4 Å². The number of ether oxygens (including phenoxy) is 1. The Hall–Kier alpha value is -2.28. The number of halogens is 3. The normalized spacial score (nSPS) is 16.2. The van der Waals surface area contributed by atoms with E-state index >= 15 is 0 Å². The summed E-state index contributed by atoms with van der Waals surface area (Å²) in [4.78, 5) is 37.9. The molecule has 2 amide bonds. The van der Waals surface area contributed by atoms with E-state index in [1.54, 1.807) is 42.5 Å². The monoisotopic (exact) mass is 440 g/mol. The third-order valence-corrected chi connectivity index (χ3v) is 4.90. The van der Waals surface area contributed by atoms with Crippen LogP contribution in [0.15, 0.2) is 42.5 Å². The molecule has 2 aromatic rings. The van der Waals surface area contributed by atoms with E-state index in [0.717, 1.165) is 0 Å². The predicted molar refractivity (Wildman–Crippen MR) is 108 cm³/mol. The zero-order valence-corrected chi connectivity index (χ0v) is 16.7. The number of amides is 2. The van der Waals surface area contributed by atoms with Crippen LogP contribution in [0.1, 0.15) is 6.42 Å². The van der Waals surface area contributed by atoms with Crippen molar-refractivity contribution in [2.75, 3.05) is 23.4 Å². The summed E-state index contributed by atoms with van der Waals surface area (Å²) >= 11 is 17.9. The summed E-state index contributed by atoms with van der Waals surface area (Å²) in [5.41, 5.74) is 0.930. The summed E-state index contributed by atoms with van der Waals surface area (Å²) in [7, 11) is 0. The lowest BCUT2D eigenvalue weighted by molar-refractivity contribution is -0.151. The molecule has 2 aromatic carbocycles. The molecule has 1 fully saturated rings. The number of carbonyl (C=O) groups is 3. The van der Waals surface area contributed by atoms with Gasteiger partial charge in [0.2, 0.25) is 5.91 Å². The lowest BCUT2D eigenvalue weighted by atomic mass is 10.1. The Bertz CT molecular complexity index is 935. The van der Waals surface area contributed by atoms with Gasteiger partial charge in [-0.1, -0.05) is 40.9 Å². The fourth-order valence-corrected chi connectivity index (χ4v) is 3.38. The number of benzene rings is 2. The van der Waals surface area contributed by atoms with Crippen molar-refractivity contribution in [1.82, 2.24) is 0 Å². The highest BCUT2D eigenvalue weighted by Gasteiger charge is 2.37. The Balaban J connectivity index is 1.56. The quantitative estimate of drug-likeness (QED) is 0.706. The van der Waals surface area contributed by atoms with Gasteiger partial charge in [-0.25, -0.2) is 0 Å². The molecule has 3 rings (SSSR count). The molecule has 28 heavy (non-hydrogen) atoms. The molecule has 1 atom stereocenters. The van der Waals surface area contributed by atoms with Crippen molar-refractivity contribution in [3.8, 4) is 0 Å². The van der Waals surface area contributed by atoms with Crippen LogP contribution in [0.2, 0.25) is 15.1 Å². The Labute approximate surface area is 176 Å². The topological polar surface area (TPSA) is 75.7 Å². The van der Waals surface area contributed by atoms with Gasteiger partial charge in [-0.05, 0) is 36.4 Å². The zero-order valence-electron chi connectivity index (χ0n) is 14.5. The number of anilines is 2. The number of hydrogen-bond donors (Lipinski definition) is 1. The number of esters is 1. The fraction of sp³-hybridized carbons (Fsp3) is 0.211. The van der Waals surface area contributed by atoms with Crippen LogP contribution in [0.4, 0.5) is 11.4 Å². The van der Waals surface area contributed by atoms with Crippen LogP contribution in [-0.4, -0.2) is 30.9 Å². The van der Waals surface area contributed by atoms with Crippen LogP contribution in [0.25, 0.3) is 0 Å². The maximum absolute atomic E-state index is 12.3. The molecular formula is C19H15Cl3N2O4. The third-order valence-electron chi connectivity index (χ3n) is 4.11. The first kappa shape index (κ1) is 20.5. The molecule has 0 bridgehead atoms. The summed E-state index contributed by atoms with van der Waals surface area (Å²) < 4.78 is 5.05. The molecule has 1 heterocycles. The average Bonchev–Trinajstić information content (AvgIpc) is 3.03. The molecule has 1 aliphatic rings. The van der Waals surface area contributed by atoms with E-state index in [4.69, 9.17) is 39.5 Å². The summed E-state index contributed by atoms with van der Waals surface area (Å²) in [6.45, 7) is -0.360. The first-order valence-electron chi connectivity index (χ1n) is 8.31. The van der Waals surface area contributed by atoms with E-state index in [2.05, 4.69) is 5.32 Å². The van der Waals surface area contributed by atoms with Crippen molar-refractivity contribution in [1.29, 1.82) is 0 Å². The minimum absolute atomic E-state index is 0.0302. The van der Waals surface area contributed by atoms with Gasteiger partial charge in [0.25, 0.3) is 5.91 Å². The van der Waals surface area contributed by atoms with E-state index in [9.17, 15) is 14.4 Å². The van der Waals surface area contributed by atoms with E-state index in [-0.39, 0.29) is 18.9 Å². The van der Waals surface area contributed by atoms with Crippen LogP contribution >= 0.6 is 34.8 Å². The Kier molecular flexibility index (Phi) is 6.44. The molecule has 1 saturated heterocycles. The SMILES string of the molecule is O=C(COC(=O)[C@@H]1CC(=O)N(c2cc(Cl)ccc2Cl)C1)Nc1cccc(Cl)c1. The molecule has 0 aliphatic carbocycles. The van der Waals surface area contributed by atoms with Gasteiger partial charge in [0.05, 0.1) is 16.6 Å². The van der Waals surface area contributed by atoms with Crippen molar-refractivity contribution in [3.63, 3.8) is 0 Å². The van der Waals surface area contributed by atoms with Crippen LogP contribution < -0.4 is 10.2 Å². The standard InChI is InChI=1S/C19H15Cl3N2O4/c20-12-2-1-3-14(7-12)23-17(25)10-28-19(27)11-6-18(26)24(9-11)16-8-13(21)4-5-15(16)22/h1-5,7-8,11H,6,9-10H2,(H,23,25)/t11-/m1/s1. The Morgan fingerprint density at radius 1 is 1.11 bits per heavy atom. The smallest absolute Gasteiger partial charge is 0.311 e. The summed E-state index contributed by atoms with van der Waals surface area (Å²) in [6, 6.07) is 11.3. The number of rotatable bonds is 5. The number of carbonyl (C=O) groups excluding carboxylic acids is 3. The minimum Gasteiger partial charge on any atom is -0.455 e. The number of hydrogen-bond acceptors (Lipinski definition) is 4. The second-order valence-electron chi connectivity index (χ2n) is 6.17. The highest BCUT2D eigenvalue weighted by molar-refractivity contribution is 6.36. The lowest BCUT2D eigenvalue weighted by Crippen LogP contribution is -2.28. The van der Waals surface area contributed by atoms with Crippen molar-refractivity contribution in [2.45, 2.75) is 6.42 Å². The zero-order chi connectivity index (χ0) is 20.3. The molecule has 0 saturated carbocycles. The molecule has 0 unspecified atom stereocenters. The summed E-state index contributed by atoms with van der Waals surface area (Å²) in [5.74, 6) is -2.10. The molecule has 146 valence electrons. The Morgan fingerprint density at radius 2 is 1.86 bits per heavy atom. The molecule has 6 nitrogen and oxygen atoms in total. The van der Waals surface area contributed by atoms with Crippen molar-refractivity contribution in [3.05, 3.63) is 57.5 Å². The van der Waals surface area contributed by atoms with Gasteiger partial charge >= 0.3 is 5.97 Å². The van der Waals surface area contributed by atoms with Gasteiger partial charge in [0.1, 0.15) is 0 Å². The highest BCUT2D eigenvalue weighted by Crippen LogP contribution is 2.33. The molecule has 0 spiro atoms. The molecule has 0 aromatic heterocycles. The summed E-state index contributed by atoms with van der Waals surface area (Å²) in [6.07, 6.45) is -0.0302. The maximum atomic E-state index is 12.3. The van der Waals surface area contributed by atoms with Crippen molar-refractivity contribution >= 4 is 64.0 Å². The molecule has 1 aliphatic heterocycles. The molecule has 1 N–H and O–H groups in total. The van der Waals surface area contributed by atoms with Crippen molar-refractivity contribution in [2.24, 2.45) is 5.92 Å². The highest BCUT2D eigenvalue weighted by atomic mass is 35.5. The minimum atomic E-state index is -0.693. The van der Waals surface area contributed by atoms with E-state index in [0.29, 0.717) is 26.4 Å². The van der Waals surface area contributed by atoms with Gasteiger partial charge in [-0.15, -0.1) is 0 Å². The first-order valence-corrected chi connectivity index (χ1v) is 9.44. The maximum Gasteiger partial charge on any atom is 0.311 e. The summed E-state index contributed by atoms with van der Waals surface area (Å²) in [5, 5.41) is 3.83. The van der Waals surface area contributed by atoms with Crippen LogP contribution in [0.5, 0.6) is 0 Å². The van der Waals surface area contributed by atoms with Crippen LogP contribution in [-0.2, 0) is 19.1 Å². The molecular weight excluding hydrogens is 427 g/mol. The first-order chi connectivity index (χ1) is 13.3. The van der Waals surface area contributed by atoms with Gasteiger partial charge in [0, 0.05) is 28.7 Å². The van der Waals surface area contributed by atoms with Gasteiger partial charge in [0.15, 0.2) is 6.61 Å². The molecule has 9 heteroatoms. The largest absolute Gasteiger partial charge is 0.455 e. The van der Waals surface area contributed by atoms with Crippen LogP contribution in [0.3, 0.4) is 0 Å². The lowest BCUT2D eigenvalue weighted by Gasteiger charge is -2.18. The number of nitrogens with one attached hydrogen (secondary N) is 1. The van der Waals surface area contributed by atoms with Crippen LogP contribution in [0, 0.1) is 5.92 Å². The predicted octanol–water partition coefficient (Wildman–Crippen LogP) is 4.18. The van der Waals surface area contributed by atoms with E-state index in [1.165, 1.54) is 4.90 Å². The fourth-order valence-electron chi connectivity index (χ4n) is 2.81. The van der Waals surface area contributed by atoms with E-state index in [1.807, 2.05) is 0 Å². The third kappa shape index (κ3) is 4.95. The average molecular weight is 442 g/mol. The second-order valence-corrected chi connectivity index (χ2v) is 7.45. The van der Waals surface area contributed by atoms with Gasteiger partial charge in [-0.2, -0.15) is 0 Å². The molecule has 0 radical (unpaired) electrons. The van der Waals surface area contributed by atoms with Gasteiger partial charge < -0.3 is 15.0 Å². The second kappa shape index (κ2) is 8.82. The number of nitrogens with zero attached hydrogens (tertiary/aromatic N) is 1.